The molecule has 0 saturated heterocycles. The Labute approximate surface area is 253 Å². The Morgan fingerprint density at radius 2 is 1.84 bits per heavy atom. The number of nitrogens with zero attached hydrogens (tertiary/aromatic N) is 3. The van der Waals surface area contributed by atoms with Gasteiger partial charge in [0.05, 0.1) is 35.0 Å². The van der Waals surface area contributed by atoms with E-state index in [0.717, 1.165) is 33.8 Å². The van der Waals surface area contributed by atoms with Gasteiger partial charge in [0.1, 0.15) is 17.0 Å². The van der Waals surface area contributed by atoms with E-state index in [1.54, 1.807) is 18.5 Å². The van der Waals surface area contributed by atoms with Gasteiger partial charge in [0.15, 0.2) is 0 Å². The maximum absolute atomic E-state index is 14.6. The minimum Gasteiger partial charge on any atom is -0.353 e. The lowest BCUT2D eigenvalue weighted by atomic mass is 9.99. The molecule has 1 amide bonds. The van der Waals surface area contributed by atoms with Crippen LogP contribution in [0.4, 0.5) is 10.1 Å². The molecule has 10 nitrogen and oxygen atoms in total. The molecule has 224 valence electrons. The van der Waals surface area contributed by atoms with Crippen LogP contribution in [0.15, 0.2) is 73.1 Å². The molecule has 0 spiro atoms. The number of aromatic amines is 2. The topological polar surface area (TPSA) is 146 Å². The van der Waals surface area contributed by atoms with E-state index < -0.39 is 15.8 Å². The molecular formula is C32H30FN7O3S. The molecule has 0 aliphatic heterocycles. The largest absolute Gasteiger partial charge is 0.353 e. The van der Waals surface area contributed by atoms with Crippen LogP contribution in [0.2, 0.25) is 0 Å². The first-order chi connectivity index (χ1) is 21.0. The van der Waals surface area contributed by atoms with Gasteiger partial charge >= 0.3 is 0 Å². The average molecular weight is 612 g/mol. The number of amides is 1. The minimum absolute atomic E-state index is 0.0199. The van der Waals surface area contributed by atoms with Crippen molar-refractivity contribution in [3.63, 3.8) is 0 Å². The lowest BCUT2D eigenvalue weighted by molar-refractivity contribution is -0.116. The predicted molar refractivity (Wildman–Crippen MR) is 170 cm³/mol. The summed E-state index contributed by atoms with van der Waals surface area (Å²) in [5.41, 5.74) is 7.43. The summed E-state index contributed by atoms with van der Waals surface area (Å²) in [7, 11) is -3.43. The van der Waals surface area contributed by atoms with Crippen LogP contribution in [-0.4, -0.2) is 45.7 Å². The molecule has 0 unspecified atom stereocenters. The standard InChI is InChI=1S/C32H30FN7O3S/c1-18(2)9-30(41)36-23-13-21(16-34-17-23)26-7-8-28-31(38-26)32(40-39-28)29-14-25-24(5-4-6-27(25)37-29)20-10-19(11-22(33)12-20)15-35-44(3,42)43/h4-8,10-14,16-18,35,37H,9,15H2,1-3H3,(H,36,41)(H,39,40). The molecule has 0 aliphatic carbocycles. The van der Waals surface area contributed by atoms with E-state index in [1.807, 2.05) is 56.3 Å². The number of rotatable bonds is 9. The van der Waals surface area contributed by atoms with Crippen LogP contribution in [0.3, 0.4) is 0 Å². The summed E-state index contributed by atoms with van der Waals surface area (Å²) in [5.74, 6) is -0.294. The van der Waals surface area contributed by atoms with E-state index in [1.165, 1.54) is 12.1 Å². The zero-order chi connectivity index (χ0) is 31.0. The van der Waals surface area contributed by atoms with Crippen molar-refractivity contribution in [1.82, 2.24) is 29.9 Å². The van der Waals surface area contributed by atoms with E-state index in [-0.39, 0.29) is 18.4 Å². The van der Waals surface area contributed by atoms with Crippen molar-refractivity contribution in [2.24, 2.45) is 5.92 Å². The normalized spacial score (nSPS) is 11.9. The summed E-state index contributed by atoms with van der Waals surface area (Å²) >= 11 is 0. The molecule has 0 saturated carbocycles. The maximum atomic E-state index is 14.6. The maximum Gasteiger partial charge on any atom is 0.224 e. The lowest BCUT2D eigenvalue weighted by Crippen LogP contribution is -2.21. The molecule has 6 rings (SSSR count). The second kappa shape index (κ2) is 11.6. The highest BCUT2D eigenvalue weighted by atomic mass is 32.2. The quantitative estimate of drug-likeness (QED) is 0.158. The lowest BCUT2D eigenvalue weighted by Gasteiger charge is -2.08. The first kappa shape index (κ1) is 29.1. The zero-order valence-electron chi connectivity index (χ0n) is 24.3. The van der Waals surface area contributed by atoms with Gasteiger partial charge in [-0.05, 0) is 71.1 Å². The second-order valence-corrected chi connectivity index (χ2v) is 13.0. The third kappa shape index (κ3) is 6.36. The van der Waals surface area contributed by atoms with Crippen LogP contribution in [0.25, 0.3) is 55.7 Å². The van der Waals surface area contributed by atoms with Crippen LogP contribution < -0.4 is 10.0 Å². The number of carbonyl (C=O) groups excluding carboxylic acids is 1. The van der Waals surface area contributed by atoms with Gasteiger partial charge in [-0.1, -0.05) is 26.0 Å². The van der Waals surface area contributed by atoms with Gasteiger partial charge in [0, 0.05) is 35.6 Å². The number of sulfonamides is 1. The highest BCUT2D eigenvalue weighted by molar-refractivity contribution is 7.88. The van der Waals surface area contributed by atoms with E-state index in [9.17, 15) is 17.6 Å². The number of halogens is 1. The fraction of sp³-hybridized carbons (Fsp3) is 0.188. The highest BCUT2D eigenvalue weighted by Gasteiger charge is 2.17. The Balaban J connectivity index is 1.36. The number of H-pyrrole nitrogens is 2. The van der Waals surface area contributed by atoms with Crippen molar-refractivity contribution in [2.75, 3.05) is 11.6 Å². The Kier molecular flexibility index (Phi) is 7.70. The Morgan fingerprint density at radius 1 is 1.00 bits per heavy atom. The van der Waals surface area contributed by atoms with Crippen LogP contribution in [0.5, 0.6) is 0 Å². The summed E-state index contributed by atoms with van der Waals surface area (Å²) in [6.07, 6.45) is 4.78. The molecule has 0 aliphatic rings. The molecular weight excluding hydrogens is 581 g/mol. The fourth-order valence-electron chi connectivity index (χ4n) is 5.14. The van der Waals surface area contributed by atoms with Crippen molar-refractivity contribution in [1.29, 1.82) is 0 Å². The Morgan fingerprint density at radius 3 is 2.64 bits per heavy atom. The van der Waals surface area contributed by atoms with Gasteiger partial charge in [-0.2, -0.15) is 5.10 Å². The minimum atomic E-state index is -3.43. The number of carbonyl (C=O) groups is 1. The third-order valence-corrected chi connectivity index (χ3v) is 7.71. The predicted octanol–water partition coefficient (Wildman–Crippen LogP) is 6.01. The second-order valence-electron chi connectivity index (χ2n) is 11.2. The number of hydrogen-bond acceptors (Lipinski definition) is 6. The third-order valence-electron chi connectivity index (χ3n) is 7.05. The molecule has 12 heteroatoms. The average Bonchev–Trinajstić information content (AvgIpc) is 3.59. The van der Waals surface area contributed by atoms with Gasteiger partial charge in [-0.25, -0.2) is 22.5 Å². The number of nitrogens with one attached hydrogen (secondary N) is 4. The van der Waals surface area contributed by atoms with Crippen molar-refractivity contribution < 1.29 is 17.6 Å². The van der Waals surface area contributed by atoms with Gasteiger partial charge in [-0.3, -0.25) is 14.9 Å². The Hall–Kier alpha value is -4.94. The Bertz CT molecular complexity index is 2140. The summed E-state index contributed by atoms with van der Waals surface area (Å²) in [6.45, 7) is 3.96. The van der Waals surface area contributed by atoms with E-state index in [2.05, 4.69) is 30.2 Å². The molecule has 4 aromatic heterocycles. The molecule has 0 bridgehead atoms. The molecule has 2 aromatic carbocycles. The summed E-state index contributed by atoms with van der Waals surface area (Å²) in [6, 6.07) is 17.7. The number of benzene rings is 2. The highest BCUT2D eigenvalue weighted by Crippen LogP contribution is 2.35. The van der Waals surface area contributed by atoms with Crippen LogP contribution in [0, 0.1) is 11.7 Å². The van der Waals surface area contributed by atoms with Gasteiger partial charge in [-0.15, -0.1) is 0 Å². The van der Waals surface area contributed by atoms with E-state index in [4.69, 9.17) is 4.98 Å². The van der Waals surface area contributed by atoms with Crippen molar-refractivity contribution in [3.8, 4) is 33.8 Å². The fourth-order valence-corrected chi connectivity index (χ4v) is 5.56. The van der Waals surface area contributed by atoms with Crippen LogP contribution in [0.1, 0.15) is 25.8 Å². The summed E-state index contributed by atoms with van der Waals surface area (Å²) < 4.78 is 40.2. The molecule has 4 N–H and O–H groups in total. The summed E-state index contributed by atoms with van der Waals surface area (Å²) in [5, 5.41) is 11.3. The van der Waals surface area contributed by atoms with Crippen LogP contribution >= 0.6 is 0 Å². The van der Waals surface area contributed by atoms with Gasteiger partial charge < -0.3 is 10.3 Å². The molecule has 0 radical (unpaired) electrons. The molecule has 0 fully saturated rings. The smallest absolute Gasteiger partial charge is 0.224 e. The van der Waals surface area contributed by atoms with E-state index in [0.29, 0.717) is 45.8 Å². The summed E-state index contributed by atoms with van der Waals surface area (Å²) in [4.78, 5) is 24.9. The van der Waals surface area contributed by atoms with Crippen molar-refractivity contribution in [3.05, 3.63) is 84.4 Å². The monoisotopic (exact) mass is 611 g/mol. The van der Waals surface area contributed by atoms with Crippen molar-refractivity contribution in [2.45, 2.75) is 26.8 Å². The number of pyridine rings is 2. The van der Waals surface area contributed by atoms with Gasteiger partial charge in [0.2, 0.25) is 15.9 Å². The SMILES string of the molecule is CC(C)CC(=O)Nc1cncc(-c2ccc3[nH]nc(-c4cc5c(-c6cc(F)cc(CNS(C)(=O)=O)c6)cccc5[nH]4)c3n2)c1. The number of anilines is 1. The number of aromatic nitrogens is 5. The number of fused-ring (bicyclic) bond motifs is 2. The molecule has 44 heavy (non-hydrogen) atoms. The van der Waals surface area contributed by atoms with Crippen molar-refractivity contribution >= 4 is 43.6 Å². The molecule has 0 atom stereocenters. The van der Waals surface area contributed by atoms with Gasteiger partial charge in [0.25, 0.3) is 0 Å². The van der Waals surface area contributed by atoms with Crippen LogP contribution in [-0.2, 0) is 21.4 Å². The zero-order valence-corrected chi connectivity index (χ0v) is 25.1. The molecule has 4 heterocycles. The first-order valence-electron chi connectivity index (χ1n) is 14.0. The first-order valence-corrected chi connectivity index (χ1v) is 15.9. The van der Waals surface area contributed by atoms with E-state index >= 15 is 0 Å². The molecule has 6 aromatic rings. The number of hydrogen-bond donors (Lipinski definition) is 4.